The van der Waals surface area contributed by atoms with Crippen molar-refractivity contribution in [2.24, 2.45) is 13.0 Å². The highest BCUT2D eigenvalue weighted by molar-refractivity contribution is 4.88. The SMILES string of the molecule is Cn1cnnc1CC1CCNCC1. The number of aromatic nitrogens is 3. The van der Waals surface area contributed by atoms with Gasteiger partial charge in [0.1, 0.15) is 12.2 Å². The van der Waals surface area contributed by atoms with Gasteiger partial charge < -0.3 is 9.88 Å². The molecule has 2 heterocycles. The van der Waals surface area contributed by atoms with Gasteiger partial charge in [0.15, 0.2) is 0 Å². The van der Waals surface area contributed by atoms with Crippen molar-refractivity contribution in [3.8, 4) is 0 Å². The lowest BCUT2D eigenvalue weighted by Crippen LogP contribution is -2.29. The Morgan fingerprint density at radius 2 is 2.31 bits per heavy atom. The maximum absolute atomic E-state index is 4.10. The summed E-state index contributed by atoms with van der Waals surface area (Å²) in [5, 5.41) is 11.4. The minimum atomic E-state index is 0.796. The van der Waals surface area contributed by atoms with Crippen molar-refractivity contribution in [1.82, 2.24) is 20.1 Å². The fourth-order valence-electron chi connectivity index (χ4n) is 1.84. The average Bonchev–Trinajstić information content (AvgIpc) is 2.54. The summed E-state index contributed by atoms with van der Waals surface area (Å²) in [5.74, 6) is 1.91. The summed E-state index contributed by atoms with van der Waals surface area (Å²) in [4.78, 5) is 0. The van der Waals surface area contributed by atoms with Gasteiger partial charge in [-0.05, 0) is 31.8 Å². The van der Waals surface area contributed by atoms with Crippen LogP contribution in [0.3, 0.4) is 0 Å². The van der Waals surface area contributed by atoms with Crippen molar-refractivity contribution < 1.29 is 0 Å². The van der Waals surface area contributed by atoms with Crippen molar-refractivity contribution in [3.63, 3.8) is 0 Å². The van der Waals surface area contributed by atoms with Crippen LogP contribution in [0.5, 0.6) is 0 Å². The third-order valence-electron chi connectivity index (χ3n) is 2.74. The number of piperidine rings is 1. The predicted molar refractivity (Wildman–Crippen MR) is 50.3 cm³/mol. The highest BCUT2D eigenvalue weighted by Gasteiger charge is 2.15. The fraction of sp³-hybridized carbons (Fsp3) is 0.778. The van der Waals surface area contributed by atoms with E-state index in [1.807, 2.05) is 11.6 Å². The molecule has 4 nitrogen and oxygen atoms in total. The minimum Gasteiger partial charge on any atom is -0.321 e. The van der Waals surface area contributed by atoms with Crippen LogP contribution in [0.25, 0.3) is 0 Å². The number of nitrogens with zero attached hydrogens (tertiary/aromatic N) is 3. The van der Waals surface area contributed by atoms with Crippen LogP contribution >= 0.6 is 0 Å². The predicted octanol–water partition coefficient (Wildman–Crippen LogP) is 0.357. The molecule has 0 bridgehead atoms. The van der Waals surface area contributed by atoms with Gasteiger partial charge in [0, 0.05) is 13.5 Å². The van der Waals surface area contributed by atoms with Gasteiger partial charge >= 0.3 is 0 Å². The summed E-state index contributed by atoms with van der Waals surface area (Å²) >= 11 is 0. The zero-order chi connectivity index (χ0) is 9.10. The van der Waals surface area contributed by atoms with Crippen LogP contribution < -0.4 is 5.32 Å². The molecule has 0 radical (unpaired) electrons. The lowest BCUT2D eigenvalue weighted by molar-refractivity contribution is 0.364. The molecule has 1 aliphatic heterocycles. The highest BCUT2D eigenvalue weighted by Crippen LogP contribution is 2.15. The van der Waals surface area contributed by atoms with Crippen LogP contribution in [0.2, 0.25) is 0 Å². The zero-order valence-corrected chi connectivity index (χ0v) is 8.03. The molecule has 1 fully saturated rings. The van der Waals surface area contributed by atoms with Gasteiger partial charge in [-0.25, -0.2) is 0 Å². The summed E-state index contributed by atoms with van der Waals surface area (Å²) < 4.78 is 2.02. The standard InChI is InChI=1S/C9H16N4/c1-13-7-11-12-9(13)6-8-2-4-10-5-3-8/h7-8,10H,2-6H2,1H3. The monoisotopic (exact) mass is 180 g/mol. The first kappa shape index (κ1) is 8.69. The molecule has 0 aliphatic carbocycles. The molecule has 2 rings (SSSR count). The second kappa shape index (κ2) is 3.87. The zero-order valence-electron chi connectivity index (χ0n) is 8.03. The Morgan fingerprint density at radius 1 is 1.54 bits per heavy atom. The van der Waals surface area contributed by atoms with Crippen LogP contribution in [0.15, 0.2) is 6.33 Å². The third-order valence-corrected chi connectivity index (χ3v) is 2.74. The summed E-state index contributed by atoms with van der Waals surface area (Å²) in [6.07, 6.45) is 5.40. The Bertz CT molecular complexity index is 262. The van der Waals surface area contributed by atoms with Gasteiger partial charge in [0.05, 0.1) is 0 Å². The Hall–Kier alpha value is -0.900. The quantitative estimate of drug-likeness (QED) is 0.714. The number of rotatable bonds is 2. The van der Waals surface area contributed by atoms with E-state index < -0.39 is 0 Å². The second-order valence-electron chi connectivity index (χ2n) is 3.76. The smallest absolute Gasteiger partial charge is 0.132 e. The van der Waals surface area contributed by atoms with E-state index in [9.17, 15) is 0 Å². The van der Waals surface area contributed by atoms with Crippen LogP contribution in [0.1, 0.15) is 18.7 Å². The first-order chi connectivity index (χ1) is 6.36. The topological polar surface area (TPSA) is 42.7 Å². The van der Waals surface area contributed by atoms with Gasteiger partial charge in [-0.3, -0.25) is 0 Å². The van der Waals surface area contributed by atoms with E-state index in [0.717, 1.165) is 31.3 Å². The van der Waals surface area contributed by atoms with Crippen LogP contribution in [0, 0.1) is 5.92 Å². The summed E-state index contributed by atoms with van der Waals surface area (Å²) in [7, 11) is 2.01. The molecule has 1 aliphatic rings. The molecule has 4 heteroatoms. The molecule has 0 amide bonds. The molecule has 13 heavy (non-hydrogen) atoms. The van der Waals surface area contributed by atoms with E-state index in [2.05, 4.69) is 15.5 Å². The Kier molecular flexibility index (Phi) is 2.59. The molecule has 0 aromatic carbocycles. The lowest BCUT2D eigenvalue weighted by Gasteiger charge is -2.21. The normalized spacial score (nSPS) is 19.2. The van der Waals surface area contributed by atoms with Gasteiger partial charge in [-0.2, -0.15) is 0 Å². The number of hydrogen-bond acceptors (Lipinski definition) is 3. The van der Waals surface area contributed by atoms with E-state index in [0.29, 0.717) is 0 Å². The molecule has 0 atom stereocenters. The van der Waals surface area contributed by atoms with E-state index in [-0.39, 0.29) is 0 Å². The first-order valence-electron chi connectivity index (χ1n) is 4.90. The summed E-state index contributed by atoms with van der Waals surface area (Å²) in [6, 6.07) is 0. The van der Waals surface area contributed by atoms with Crippen molar-refractivity contribution in [2.75, 3.05) is 13.1 Å². The van der Waals surface area contributed by atoms with Crippen molar-refractivity contribution >= 4 is 0 Å². The van der Waals surface area contributed by atoms with Gasteiger partial charge in [0.2, 0.25) is 0 Å². The van der Waals surface area contributed by atoms with E-state index in [1.54, 1.807) is 6.33 Å². The Labute approximate surface area is 78.4 Å². The van der Waals surface area contributed by atoms with Crippen molar-refractivity contribution in [3.05, 3.63) is 12.2 Å². The maximum atomic E-state index is 4.10. The molecule has 1 aromatic heterocycles. The Balaban J connectivity index is 1.93. The maximum Gasteiger partial charge on any atom is 0.132 e. The first-order valence-corrected chi connectivity index (χ1v) is 4.90. The number of hydrogen-bond donors (Lipinski definition) is 1. The average molecular weight is 180 g/mol. The fourth-order valence-corrected chi connectivity index (χ4v) is 1.84. The highest BCUT2D eigenvalue weighted by atomic mass is 15.2. The van der Waals surface area contributed by atoms with Gasteiger partial charge in [-0.1, -0.05) is 0 Å². The van der Waals surface area contributed by atoms with E-state index in [4.69, 9.17) is 0 Å². The van der Waals surface area contributed by atoms with Crippen molar-refractivity contribution in [1.29, 1.82) is 0 Å². The van der Waals surface area contributed by atoms with Crippen LogP contribution in [-0.4, -0.2) is 27.9 Å². The molecular weight excluding hydrogens is 164 g/mol. The van der Waals surface area contributed by atoms with Gasteiger partial charge in [-0.15, -0.1) is 10.2 Å². The Morgan fingerprint density at radius 3 is 2.92 bits per heavy atom. The number of aryl methyl sites for hydroxylation is 1. The second-order valence-corrected chi connectivity index (χ2v) is 3.76. The molecule has 1 aromatic rings. The molecule has 72 valence electrons. The molecule has 1 N–H and O–H groups in total. The molecular formula is C9H16N4. The summed E-state index contributed by atoms with van der Waals surface area (Å²) in [5.41, 5.74) is 0. The van der Waals surface area contributed by atoms with E-state index in [1.165, 1.54) is 12.8 Å². The van der Waals surface area contributed by atoms with Crippen LogP contribution in [0.4, 0.5) is 0 Å². The molecule has 0 unspecified atom stereocenters. The molecule has 1 saturated heterocycles. The molecule has 0 saturated carbocycles. The lowest BCUT2D eigenvalue weighted by atomic mass is 9.94. The van der Waals surface area contributed by atoms with Crippen molar-refractivity contribution in [2.45, 2.75) is 19.3 Å². The summed E-state index contributed by atoms with van der Waals surface area (Å²) in [6.45, 7) is 2.31. The number of nitrogens with one attached hydrogen (secondary N) is 1. The largest absolute Gasteiger partial charge is 0.321 e. The van der Waals surface area contributed by atoms with Gasteiger partial charge in [0.25, 0.3) is 0 Å². The molecule has 0 spiro atoms. The van der Waals surface area contributed by atoms with Crippen LogP contribution in [-0.2, 0) is 13.5 Å². The third kappa shape index (κ3) is 2.06. The van der Waals surface area contributed by atoms with E-state index >= 15 is 0 Å². The minimum absolute atomic E-state index is 0.796.